The smallest absolute Gasteiger partial charge is 0.333 e. The molecule has 1 rings (SSSR count). The van der Waals surface area contributed by atoms with Crippen molar-refractivity contribution in [1.29, 1.82) is 0 Å². The van der Waals surface area contributed by atoms with Crippen LogP contribution in [0.4, 0.5) is 4.79 Å². The van der Waals surface area contributed by atoms with Crippen molar-refractivity contribution < 1.29 is 14.3 Å². The number of carbonyl (C=O) groups is 2. The first-order chi connectivity index (χ1) is 9.65. The summed E-state index contributed by atoms with van der Waals surface area (Å²) in [6.07, 6.45) is 2.08. The number of nitrogens with one attached hydrogen (secondary N) is 3. The number of hydrazine groups is 1. The molecule has 0 radical (unpaired) electrons. The Bertz CT molecular complexity index is 449. The number of unbranched alkanes of at least 4 members (excludes halogenated alkanes) is 1. The Hall–Kier alpha value is -2.24. The lowest BCUT2D eigenvalue weighted by Crippen LogP contribution is -2.47. The fraction of sp³-hybridized carbons (Fsp3) is 0.429. The summed E-state index contributed by atoms with van der Waals surface area (Å²) in [6, 6.07) is 6.81. The quantitative estimate of drug-likeness (QED) is 0.543. The molecule has 0 unspecified atom stereocenters. The van der Waals surface area contributed by atoms with Gasteiger partial charge in [0.05, 0.1) is 13.5 Å². The fourth-order valence-corrected chi connectivity index (χ4v) is 1.56. The molecule has 0 aliphatic heterocycles. The van der Waals surface area contributed by atoms with Crippen LogP contribution in [-0.4, -0.2) is 25.6 Å². The number of urea groups is 1. The number of carbonyl (C=O) groups excluding carboxylic acids is 2. The summed E-state index contributed by atoms with van der Waals surface area (Å²) in [5.41, 5.74) is 5.48. The maximum absolute atomic E-state index is 11.7. The molecule has 3 N–H and O–H groups in total. The van der Waals surface area contributed by atoms with E-state index in [0.29, 0.717) is 12.3 Å². The van der Waals surface area contributed by atoms with Gasteiger partial charge in [0.2, 0.25) is 5.91 Å². The van der Waals surface area contributed by atoms with Crippen LogP contribution < -0.4 is 20.9 Å². The Morgan fingerprint density at radius 3 is 2.75 bits per heavy atom. The van der Waals surface area contributed by atoms with Gasteiger partial charge in [0, 0.05) is 6.54 Å². The van der Waals surface area contributed by atoms with Crippen LogP contribution in [0.2, 0.25) is 0 Å². The Morgan fingerprint density at radius 1 is 1.25 bits per heavy atom. The third-order valence-electron chi connectivity index (χ3n) is 2.63. The second-order valence-corrected chi connectivity index (χ2v) is 4.31. The van der Waals surface area contributed by atoms with Gasteiger partial charge >= 0.3 is 6.03 Å². The normalized spacial score (nSPS) is 9.70. The zero-order chi connectivity index (χ0) is 14.8. The lowest BCUT2D eigenvalue weighted by molar-refractivity contribution is -0.121. The van der Waals surface area contributed by atoms with Gasteiger partial charge < -0.3 is 10.1 Å². The van der Waals surface area contributed by atoms with Crippen LogP contribution in [0.15, 0.2) is 24.3 Å². The Labute approximate surface area is 118 Å². The van der Waals surface area contributed by atoms with Gasteiger partial charge in [0.1, 0.15) is 5.75 Å². The van der Waals surface area contributed by atoms with E-state index in [1.807, 2.05) is 19.1 Å². The summed E-state index contributed by atoms with van der Waals surface area (Å²) >= 11 is 0. The molecule has 20 heavy (non-hydrogen) atoms. The van der Waals surface area contributed by atoms with E-state index >= 15 is 0 Å². The summed E-state index contributed by atoms with van der Waals surface area (Å²) in [6.45, 7) is 2.63. The number of amides is 3. The second-order valence-electron chi connectivity index (χ2n) is 4.31. The summed E-state index contributed by atoms with van der Waals surface area (Å²) in [7, 11) is 1.57. The summed E-state index contributed by atoms with van der Waals surface area (Å²) in [4.78, 5) is 23.0. The number of hydrogen-bond acceptors (Lipinski definition) is 3. The molecule has 0 aromatic heterocycles. The number of methoxy groups -OCH3 is 1. The number of hydrogen-bond donors (Lipinski definition) is 3. The first kappa shape index (κ1) is 15.8. The summed E-state index contributed by atoms with van der Waals surface area (Å²) in [5.74, 6) is 0.407. The van der Waals surface area contributed by atoms with Gasteiger partial charge in [-0.05, 0) is 24.1 Å². The third kappa shape index (κ3) is 6.08. The molecule has 0 heterocycles. The van der Waals surface area contributed by atoms with Crippen molar-refractivity contribution in [2.45, 2.75) is 26.2 Å². The predicted molar refractivity (Wildman–Crippen MR) is 76.3 cm³/mol. The van der Waals surface area contributed by atoms with Crippen molar-refractivity contribution in [1.82, 2.24) is 16.2 Å². The maximum Gasteiger partial charge on any atom is 0.333 e. The van der Waals surface area contributed by atoms with E-state index in [2.05, 4.69) is 16.2 Å². The minimum Gasteiger partial charge on any atom is -0.497 e. The molecule has 6 heteroatoms. The first-order valence-electron chi connectivity index (χ1n) is 6.61. The Balaban J connectivity index is 2.30. The van der Waals surface area contributed by atoms with E-state index < -0.39 is 6.03 Å². The zero-order valence-electron chi connectivity index (χ0n) is 11.9. The van der Waals surface area contributed by atoms with Crippen LogP contribution in [0.25, 0.3) is 0 Å². The lowest BCUT2D eigenvalue weighted by atomic mass is 10.1. The van der Waals surface area contributed by atoms with Crippen LogP contribution in [0.3, 0.4) is 0 Å². The average molecular weight is 279 g/mol. The predicted octanol–water partition coefficient (Wildman–Crippen LogP) is 1.37. The molecule has 1 aromatic rings. The minimum absolute atomic E-state index is 0.173. The van der Waals surface area contributed by atoms with Crippen LogP contribution in [-0.2, 0) is 11.2 Å². The highest BCUT2D eigenvalue weighted by Crippen LogP contribution is 2.12. The standard InChI is InChI=1S/C14H21N3O3/c1-3-4-8-15-14(19)17-16-13(18)10-11-6-5-7-12(9-11)20-2/h5-7,9H,3-4,8,10H2,1-2H3,(H,16,18)(H2,15,17,19). The van der Waals surface area contributed by atoms with Crippen molar-refractivity contribution in [2.24, 2.45) is 0 Å². The fourth-order valence-electron chi connectivity index (χ4n) is 1.56. The van der Waals surface area contributed by atoms with Crippen molar-refractivity contribution in [3.05, 3.63) is 29.8 Å². The molecule has 110 valence electrons. The highest BCUT2D eigenvalue weighted by Gasteiger charge is 2.05. The van der Waals surface area contributed by atoms with Gasteiger partial charge in [0.15, 0.2) is 0 Å². The van der Waals surface area contributed by atoms with E-state index in [1.54, 1.807) is 19.2 Å². The number of benzene rings is 1. The topological polar surface area (TPSA) is 79.5 Å². The molecule has 3 amide bonds. The van der Waals surface area contributed by atoms with E-state index in [1.165, 1.54) is 0 Å². The van der Waals surface area contributed by atoms with Gasteiger partial charge in [-0.3, -0.25) is 10.2 Å². The minimum atomic E-state index is -0.405. The molecule has 0 spiro atoms. The van der Waals surface area contributed by atoms with E-state index in [4.69, 9.17) is 4.74 Å². The van der Waals surface area contributed by atoms with E-state index in [-0.39, 0.29) is 12.3 Å². The zero-order valence-corrected chi connectivity index (χ0v) is 11.9. The van der Waals surface area contributed by atoms with Gasteiger partial charge in [-0.15, -0.1) is 0 Å². The van der Waals surface area contributed by atoms with E-state index in [9.17, 15) is 9.59 Å². The molecule has 0 aliphatic rings. The van der Waals surface area contributed by atoms with E-state index in [0.717, 1.165) is 18.4 Å². The van der Waals surface area contributed by atoms with Gasteiger partial charge in [-0.1, -0.05) is 25.5 Å². The molecule has 0 fully saturated rings. The van der Waals surface area contributed by atoms with Crippen molar-refractivity contribution >= 4 is 11.9 Å². The lowest BCUT2D eigenvalue weighted by Gasteiger charge is -2.09. The highest BCUT2D eigenvalue weighted by atomic mass is 16.5. The van der Waals surface area contributed by atoms with Crippen LogP contribution in [0.1, 0.15) is 25.3 Å². The third-order valence-corrected chi connectivity index (χ3v) is 2.63. The van der Waals surface area contributed by atoms with Crippen molar-refractivity contribution in [2.75, 3.05) is 13.7 Å². The monoisotopic (exact) mass is 279 g/mol. The molecule has 6 nitrogen and oxygen atoms in total. The average Bonchev–Trinajstić information content (AvgIpc) is 2.45. The van der Waals surface area contributed by atoms with Crippen LogP contribution in [0.5, 0.6) is 5.75 Å². The molecule has 0 aliphatic carbocycles. The second kappa shape index (κ2) is 8.79. The van der Waals surface area contributed by atoms with Crippen molar-refractivity contribution in [3.8, 4) is 5.75 Å². The molecule has 0 saturated heterocycles. The molecule has 0 atom stereocenters. The number of ether oxygens (including phenoxy) is 1. The van der Waals surface area contributed by atoms with Gasteiger partial charge in [-0.25, -0.2) is 10.2 Å². The maximum atomic E-state index is 11.7. The number of rotatable bonds is 6. The van der Waals surface area contributed by atoms with Crippen LogP contribution in [0, 0.1) is 0 Å². The van der Waals surface area contributed by atoms with Crippen LogP contribution >= 0.6 is 0 Å². The summed E-state index contributed by atoms with van der Waals surface area (Å²) in [5, 5.41) is 2.64. The Morgan fingerprint density at radius 2 is 2.05 bits per heavy atom. The largest absolute Gasteiger partial charge is 0.497 e. The first-order valence-corrected chi connectivity index (χ1v) is 6.61. The van der Waals surface area contributed by atoms with Gasteiger partial charge in [-0.2, -0.15) is 0 Å². The summed E-state index contributed by atoms with van der Waals surface area (Å²) < 4.78 is 5.08. The molecular weight excluding hydrogens is 258 g/mol. The highest BCUT2D eigenvalue weighted by molar-refractivity contribution is 5.82. The SMILES string of the molecule is CCCCNC(=O)NNC(=O)Cc1cccc(OC)c1. The van der Waals surface area contributed by atoms with Gasteiger partial charge in [0.25, 0.3) is 0 Å². The molecular formula is C14H21N3O3. The molecule has 1 aromatic carbocycles. The Kier molecular flexibility index (Phi) is 6.95. The molecule has 0 bridgehead atoms. The molecule has 0 saturated carbocycles. The van der Waals surface area contributed by atoms with Crippen molar-refractivity contribution in [3.63, 3.8) is 0 Å².